The van der Waals surface area contributed by atoms with Gasteiger partial charge in [-0.25, -0.2) is 9.37 Å². The molecule has 23 heavy (non-hydrogen) atoms. The van der Waals surface area contributed by atoms with Crippen LogP contribution in [0, 0.1) is 5.82 Å². The number of rotatable bonds is 4. The Bertz CT molecular complexity index is 875. The summed E-state index contributed by atoms with van der Waals surface area (Å²) < 4.78 is 24.7. The molecule has 0 spiro atoms. The molecule has 0 saturated carbocycles. The van der Waals surface area contributed by atoms with Crippen LogP contribution >= 0.6 is 11.3 Å². The SMILES string of the molecule is CCC(=O)Oc1cc(-c2nc3cc(F)ccc3s2)ccc1OC. The second-order valence-corrected chi connectivity index (χ2v) is 5.85. The molecule has 0 atom stereocenters. The number of nitrogens with zero attached hydrogens (tertiary/aromatic N) is 1. The van der Waals surface area contributed by atoms with Gasteiger partial charge in [0.15, 0.2) is 11.5 Å². The molecule has 0 amide bonds. The molecule has 118 valence electrons. The van der Waals surface area contributed by atoms with Gasteiger partial charge in [0, 0.05) is 18.1 Å². The van der Waals surface area contributed by atoms with Crippen molar-refractivity contribution >= 4 is 27.5 Å². The Balaban J connectivity index is 2.03. The van der Waals surface area contributed by atoms with Crippen LogP contribution in [0.4, 0.5) is 4.39 Å². The number of thiazole rings is 1. The minimum atomic E-state index is -0.341. The lowest BCUT2D eigenvalue weighted by atomic mass is 10.2. The molecule has 1 aromatic heterocycles. The van der Waals surface area contributed by atoms with Gasteiger partial charge in [-0.15, -0.1) is 11.3 Å². The van der Waals surface area contributed by atoms with Gasteiger partial charge in [0.2, 0.25) is 0 Å². The van der Waals surface area contributed by atoms with Crippen LogP contribution in [0.2, 0.25) is 0 Å². The van der Waals surface area contributed by atoms with Gasteiger partial charge in [-0.1, -0.05) is 6.92 Å². The molecule has 1 heterocycles. The molecule has 0 N–H and O–H groups in total. The highest BCUT2D eigenvalue weighted by molar-refractivity contribution is 7.21. The zero-order valence-electron chi connectivity index (χ0n) is 12.6. The van der Waals surface area contributed by atoms with Crippen LogP contribution in [0.1, 0.15) is 13.3 Å². The first-order valence-corrected chi connectivity index (χ1v) is 7.87. The van der Waals surface area contributed by atoms with Crippen LogP contribution in [0.15, 0.2) is 36.4 Å². The summed E-state index contributed by atoms with van der Waals surface area (Å²) in [7, 11) is 1.51. The molecule has 4 nitrogen and oxygen atoms in total. The largest absolute Gasteiger partial charge is 0.493 e. The van der Waals surface area contributed by atoms with Crippen LogP contribution in [0.25, 0.3) is 20.8 Å². The number of hydrogen-bond acceptors (Lipinski definition) is 5. The number of aromatic nitrogens is 1. The highest BCUT2D eigenvalue weighted by Crippen LogP contribution is 2.36. The molecule has 0 saturated heterocycles. The Morgan fingerprint density at radius 2 is 2.04 bits per heavy atom. The maximum atomic E-state index is 13.3. The van der Waals surface area contributed by atoms with Crippen LogP contribution in [0.5, 0.6) is 11.5 Å². The van der Waals surface area contributed by atoms with Crippen molar-refractivity contribution in [3.8, 4) is 22.1 Å². The molecule has 0 aliphatic rings. The number of ether oxygens (including phenoxy) is 2. The van der Waals surface area contributed by atoms with Gasteiger partial charge in [-0.2, -0.15) is 0 Å². The van der Waals surface area contributed by atoms with E-state index in [1.54, 1.807) is 25.1 Å². The van der Waals surface area contributed by atoms with Crippen LogP contribution in [0.3, 0.4) is 0 Å². The average molecular weight is 331 g/mol. The van der Waals surface area contributed by atoms with E-state index in [1.165, 1.54) is 30.6 Å². The van der Waals surface area contributed by atoms with E-state index >= 15 is 0 Å². The maximum absolute atomic E-state index is 13.3. The minimum Gasteiger partial charge on any atom is -0.493 e. The van der Waals surface area contributed by atoms with Crippen LogP contribution in [-0.2, 0) is 4.79 Å². The Labute approximate surface area is 136 Å². The Morgan fingerprint density at radius 1 is 1.22 bits per heavy atom. The lowest BCUT2D eigenvalue weighted by Gasteiger charge is -2.09. The quantitative estimate of drug-likeness (QED) is 0.524. The number of carbonyl (C=O) groups is 1. The predicted octanol–water partition coefficient (Wildman–Crippen LogP) is 4.43. The number of halogens is 1. The lowest BCUT2D eigenvalue weighted by Crippen LogP contribution is -2.06. The monoisotopic (exact) mass is 331 g/mol. The zero-order chi connectivity index (χ0) is 16.4. The fourth-order valence-corrected chi connectivity index (χ4v) is 3.05. The normalized spacial score (nSPS) is 10.7. The summed E-state index contributed by atoms with van der Waals surface area (Å²) in [6.45, 7) is 1.72. The van der Waals surface area contributed by atoms with Gasteiger partial charge in [0.1, 0.15) is 10.8 Å². The van der Waals surface area contributed by atoms with E-state index in [9.17, 15) is 9.18 Å². The number of methoxy groups -OCH3 is 1. The molecule has 0 aliphatic carbocycles. The summed E-state index contributed by atoms with van der Waals surface area (Å²) in [5, 5.41) is 0.724. The fourth-order valence-electron chi connectivity index (χ4n) is 2.11. The summed E-state index contributed by atoms with van der Waals surface area (Å²) in [6.07, 6.45) is 0.272. The van der Waals surface area contributed by atoms with Crippen molar-refractivity contribution in [1.29, 1.82) is 0 Å². The van der Waals surface area contributed by atoms with Gasteiger partial charge in [-0.3, -0.25) is 4.79 Å². The molecule has 0 radical (unpaired) electrons. The molecular formula is C17H14FNO3S. The standard InChI is InChI=1S/C17H14FNO3S/c1-3-16(20)22-14-8-10(4-6-13(14)21-2)17-19-12-9-11(18)5-7-15(12)23-17/h4-9H,3H2,1-2H3. The number of carbonyl (C=O) groups excluding carboxylic acids is 1. The molecule has 3 aromatic rings. The highest BCUT2D eigenvalue weighted by atomic mass is 32.1. The van der Waals surface area contributed by atoms with Crippen molar-refractivity contribution in [2.45, 2.75) is 13.3 Å². The van der Waals surface area contributed by atoms with Gasteiger partial charge in [0.05, 0.1) is 17.3 Å². The summed E-state index contributed by atoms with van der Waals surface area (Å²) in [4.78, 5) is 16.0. The molecule has 3 rings (SSSR count). The topological polar surface area (TPSA) is 48.4 Å². The number of esters is 1. The number of benzene rings is 2. The summed E-state index contributed by atoms with van der Waals surface area (Å²) in [6, 6.07) is 9.77. The summed E-state index contributed by atoms with van der Waals surface area (Å²) in [5.74, 6) is 0.165. The first-order chi connectivity index (χ1) is 11.1. The number of hydrogen-bond donors (Lipinski definition) is 0. The molecule has 0 bridgehead atoms. The van der Waals surface area contributed by atoms with E-state index in [1.807, 2.05) is 6.07 Å². The third kappa shape index (κ3) is 3.17. The fraction of sp³-hybridized carbons (Fsp3) is 0.176. The molecular weight excluding hydrogens is 317 g/mol. The maximum Gasteiger partial charge on any atom is 0.311 e. The van der Waals surface area contributed by atoms with Gasteiger partial charge >= 0.3 is 5.97 Å². The molecule has 2 aromatic carbocycles. The predicted molar refractivity (Wildman–Crippen MR) is 87.5 cm³/mol. The van der Waals surface area contributed by atoms with Crippen molar-refractivity contribution < 1.29 is 18.7 Å². The summed E-state index contributed by atoms with van der Waals surface area (Å²) in [5.41, 5.74) is 1.39. The van der Waals surface area contributed by atoms with E-state index in [-0.39, 0.29) is 18.2 Å². The Kier molecular flexibility index (Phi) is 4.25. The van der Waals surface area contributed by atoms with Crippen molar-refractivity contribution in [3.63, 3.8) is 0 Å². The highest BCUT2D eigenvalue weighted by Gasteiger charge is 2.13. The Hall–Kier alpha value is -2.47. The van der Waals surface area contributed by atoms with E-state index in [0.717, 1.165) is 15.3 Å². The van der Waals surface area contributed by atoms with Crippen molar-refractivity contribution in [3.05, 3.63) is 42.2 Å². The second-order valence-electron chi connectivity index (χ2n) is 4.82. The summed E-state index contributed by atoms with van der Waals surface area (Å²) >= 11 is 1.45. The van der Waals surface area contributed by atoms with Gasteiger partial charge in [0.25, 0.3) is 0 Å². The van der Waals surface area contributed by atoms with E-state index in [4.69, 9.17) is 9.47 Å². The van der Waals surface area contributed by atoms with Crippen LogP contribution in [-0.4, -0.2) is 18.1 Å². The first kappa shape index (κ1) is 15.4. The zero-order valence-corrected chi connectivity index (χ0v) is 13.4. The molecule has 0 aliphatic heterocycles. The second kappa shape index (κ2) is 6.34. The lowest BCUT2D eigenvalue weighted by molar-refractivity contribution is -0.134. The minimum absolute atomic E-state index is 0.272. The molecule has 0 unspecified atom stereocenters. The average Bonchev–Trinajstić information content (AvgIpc) is 2.97. The van der Waals surface area contributed by atoms with Crippen molar-refractivity contribution in [2.24, 2.45) is 0 Å². The van der Waals surface area contributed by atoms with E-state index in [0.29, 0.717) is 17.0 Å². The smallest absolute Gasteiger partial charge is 0.311 e. The first-order valence-electron chi connectivity index (χ1n) is 7.06. The third-order valence-corrected chi connectivity index (χ3v) is 4.36. The van der Waals surface area contributed by atoms with Crippen molar-refractivity contribution in [2.75, 3.05) is 7.11 Å². The molecule has 6 heteroatoms. The van der Waals surface area contributed by atoms with Gasteiger partial charge in [-0.05, 0) is 30.3 Å². The molecule has 0 fully saturated rings. The Morgan fingerprint density at radius 3 is 2.78 bits per heavy atom. The third-order valence-electron chi connectivity index (χ3n) is 3.27. The van der Waals surface area contributed by atoms with Gasteiger partial charge < -0.3 is 9.47 Å². The number of fused-ring (bicyclic) bond motifs is 1. The van der Waals surface area contributed by atoms with E-state index in [2.05, 4.69) is 4.98 Å². The van der Waals surface area contributed by atoms with Crippen molar-refractivity contribution in [1.82, 2.24) is 4.98 Å². The van der Waals surface area contributed by atoms with E-state index < -0.39 is 0 Å². The van der Waals surface area contributed by atoms with Crippen LogP contribution < -0.4 is 9.47 Å².